The number of ether oxygens (including phenoxy) is 2. The zero-order valence-corrected chi connectivity index (χ0v) is 16.1. The lowest BCUT2D eigenvalue weighted by Crippen LogP contribution is -2.47. The van der Waals surface area contributed by atoms with E-state index in [4.69, 9.17) is 4.74 Å². The van der Waals surface area contributed by atoms with Crippen molar-refractivity contribution in [1.82, 2.24) is 5.32 Å². The maximum atomic E-state index is 12.4. The molecule has 7 nitrogen and oxygen atoms in total. The lowest BCUT2D eigenvalue weighted by molar-refractivity contribution is -0.148. The fourth-order valence-corrected chi connectivity index (χ4v) is 2.43. The minimum atomic E-state index is -0.793. The third-order valence-electron chi connectivity index (χ3n) is 3.99. The fourth-order valence-electron chi connectivity index (χ4n) is 2.43. The molecule has 2 aromatic rings. The van der Waals surface area contributed by atoms with Crippen molar-refractivity contribution in [1.29, 1.82) is 0 Å². The van der Waals surface area contributed by atoms with E-state index < -0.39 is 24.0 Å². The first kappa shape index (κ1) is 21.0. The number of urea groups is 1. The molecule has 2 rings (SSSR count). The largest absolute Gasteiger partial charge is 0.465 e. The highest BCUT2D eigenvalue weighted by atomic mass is 16.5. The molecule has 2 aromatic carbocycles. The van der Waals surface area contributed by atoms with Gasteiger partial charge in [0.1, 0.15) is 12.6 Å². The molecule has 0 heterocycles. The van der Waals surface area contributed by atoms with Gasteiger partial charge in [-0.15, -0.1) is 0 Å². The van der Waals surface area contributed by atoms with Crippen molar-refractivity contribution in [2.24, 2.45) is 5.92 Å². The number of rotatable bonds is 7. The Morgan fingerprint density at radius 1 is 0.964 bits per heavy atom. The van der Waals surface area contributed by atoms with Crippen LogP contribution >= 0.6 is 0 Å². The number of carbonyl (C=O) groups is 3. The molecule has 7 heteroatoms. The average molecular weight is 384 g/mol. The minimum absolute atomic E-state index is 0.0332. The molecule has 0 saturated carbocycles. The Morgan fingerprint density at radius 2 is 1.61 bits per heavy atom. The molecule has 2 amide bonds. The lowest BCUT2D eigenvalue weighted by Gasteiger charge is -2.21. The van der Waals surface area contributed by atoms with Gasteiger partial charge in [-0.2, -0.15) is 0 Å². The summed E-state index contributed by atoms with van der Waals surface area (Å²) in [6, 6.07) is 14.2. The molecule has 0 aliphatic heterocycles. The number of hydrogen-bond acceptors (Lipinski definition) is 5. The first-order chi connectivity index (χ1) is 13.4. The van der Waals surface area contributed by atoms with Gasteiger partial charge in [-0.1, -0.05) is 44.2 Å². The van der Waals surface area contributed by atoms with E-state index in [-0.39, 0.29) is 12.5 Å². The van der Waals surface area contributed by atoms with Crippen molar-refractivity contribution in [3.8, 4) is 0 Å². The van der Waals surface area contributed by atoms with Gasteiger partial charge in [-0.05, 0) is 35.7 Å². The smallest absolute Gasteiger partial charge is 0.337 e. The van der Waals surface area contributed by atoms with Gasteiger partial charge < -0.3 is 20.1 Å². The summed E-state index contributed by atoms with van der Waals surface area (Å²) >= 11 is 0. The van der Waals surface area contributed by atoms with Crippen molar-refractivity contribution in [3.63, 3.8) is 0 Å². The van der Waals surface area contributed by atoms with Crippen LogP contribution in [0.15, 0.2) is 54.6 Å². The minimum Gasteiger partial charge on any atom is -0.465 e. The van der Waals surface area contributed by atoms with Gasteiger partial charge in [0.05, 0.1) is 12.7 Å². The molecule has 0 radical (unpaired) electrons. The van der Waals surface area contributed by atoms with Gasteiger partial charge in [0.2, 0.25) is 0 Å². The topological polar surface area (TPSA) is 93.7 Å². The van der Waals surface area contributed by atoms with Crippen LogP contribution in [0, 0.1) is 5.92 Å². The zero-order valence-electron chi connectivity index (χ0n) is 16.1. The van der Waals surface area contributed by atoms with Gasteiger partial charge in [0.25, 0.3) is 0 Å². The van der Waals surface area contributed by atoms with Crippen LogP contribution in [-0.2, 0) is 20.9 Å². The van der Waals surface area contributed by atoms with Crippen LogP contribution in [-0.4, -0.2) is 31.1 Å². The van der Waals surface area contributed by atoms with Crippen LogP contribution in [0.2, 0.25) is 0 Å². The van der Waals surface area contributed by atoms with Gasteiger partial charge >= 0.3 is 18.0 Å². The normalized spacial score (nSPS) is 11.4. The highest BCUT2D eigenvalue weighted by Crippen LogP contribution is 2.11. The van der Waals surface area contributed by atoms with E-state index >= 15 is 0 Å². The SMILES string of the molecule is COC(=O)c1ccc(COC(=O)[C@@H](NC(=O)Nc2ccccc2)C(C)C)cc1. The van der Waals surface area contributed by atoms with Crippen LogP contribution < -0.4 is 10.6 Å². The monoisotopic (exact) mass is 384 g/mol. The van der Waals surface area contributed by atoms with Crippen molar-refractivity contribution in [2.75, 3.05) is 12.4 Å². The second-order valence-corrected chi connectivity index (χ2v) is 6.48. The van der Waals surface area contributed by atoms with Crippen LogP contribution in [0.1, 0.15) is 29.8 Å². The van der Waals surface area contributed by atoms with Crippen molar-refractivity contribution < 1.29 is 23.9 Å². The number of benzene rings is 2. The van der Waals surface area contributed by atoms with E-state index in [0.717, 1.165) is 5.56 Å². The molecule has 0 aliphatic rings. The van der Waals surface area contributed by atoms with E-state index in [0.29, 0.717) is 11.3 Å². The number of anilines is 1. The fraction of sp³-hybridized carbons (Fsp3) is 0.286. The number of para-hydroxylation sites is 1. The van der Waals surface area contributed by atoms with Crippen LogP contribution in [0.5, 0.6) is 0 Å². The van der Waals surface area contributed by atoms with Gasteiger partial charge in [-0.3, -0.25) is 0 Å². The highest BCUT2D eigenvalue weighted by molar-refractivity contribution is 5.92. The Kier molecular flexibility index (Phi) is 7.56. The zero-order chi connectivity index (χ0) is 20.5. The molecule has 0 aromatic heterocycles. The number of nitrogens with one attached hydrogen (secondary N) is 2. The quantitative estimate of drug-likeness (QED) is 0.714. The van der Waals surface area contributed by atoms with Crippen LogP contribution in [0.4, 0.5) is 10.5 Å². The Hall–Kier alpha value is -3.35. The second-order valence-electron chi connectivity index (χ2n) is 6.48. The van der Waals surface area contributed by atoms with E-state index in [1.165, 1.54) is 7.11 Å². The number of carbonyl (C=O) groups excluding carboxylic acids is 3. The summed E-state index contributed by atoms with van der Waals surface area (Å²) in [4.78, 5) is 36.0. The van der Waals surface area contributed by atoms with Gasteiger partial charge in [-0.25, -0.2) is 14.4 Å². The molecule has 28 heavy (non-hydrogen) atoms. The molecule has 0 aliphatic carbocycles. The average Bonchev–Trinajstić information content (AvgIpc) is 2.70. The maximum absolute atomic E-state index is 12.4. The van der Waals surface area contributed by atoms with Crippen molar-refractivity contribution in [2.45, 2.75) is 26.5 Å². The third-order valence-corrected chi connectivity index (χ3v) is 3.99. The highest BCUT2D eigenvalue weighted by Gasteiger charge is 2.25. The summed E-state index contributed by atoms with van der Waals surface area (Å²) in [5.41, 5.74) is 1.76. The predicted molar refractivity (Wildman–Crippen MR) is 105 cm³/mol. The predicted octanol–water partition coefficient (Wildman–Crippen LogP) is 3.36. The summed E-state index contributed by atoms with van der Waals surface area (Å²) in [5.74, 6) is -1.12. The molecule has 148 valence electrons. The van der Waals surface area contributed by atoms with E-state index in [1.807, 2.05) is 19.9 Å². The summed E-state index contributed by atoms with van der Waals surface area (Å²) in [6.45, 7) is 3.67. The molecule has 0 fully saturated rings. The van der Waals surface area contributed by atoms with E-state index in [1.54, 1.807) is 48.5 Å². The standard InChI is InChI=1S/C21H24N2O5/c1-14(2)18(23-21(26)22-17-7-5-4-6-8-17)20(25)28-13-15-9-11-16(12-10-15)19(24)27-3/h4-12,14,18H,13H2,1-3H3,(H2,22,23,26)/t18-/m0/s1. The molecular weight excluding hydrogens is 360 g/mol. The summed E-state index contributed by atoms with van der Waals surface area (Å²) in [6.07, 6.45) is 0. The molecule has 0 bridgehead atoms. The lowest BCUT2D eigenvalue weighted by atomic mass is 10.1. The molecule has 2 N–H and O–H groups in total. The molecular formula is C21H24N2O5. The molecule has 0 spiro atoms. The molecule has 0 saturated heterocycles. The van der Waals surface area contributed by atoms with E-state index in [9.17, 15) is 14.4 Å². The van der Waals surface area contributed by atoms with Gasteiger partial charge in [0.15, 0.2) is 0 Å². The molecule has 1 atom stereocenters. The first-order valence-electron chi connectivity index (χ1n) is 8.87. The van der Waals surface area contributed by atoms with Gasteiger partial charge in [0, 0.05) is 5.69 Å². The summed E-state index contributed by atoms with van der Waals surface area (Å²) in [7, 11) is 1.31. The second kappa shape index (κ2) is 10.1. The molecule has 0 unspecified atom stereocenters. The number of amides is 2. The number of methoxy groups -OCH3 is 1. The Bertz CT molecular complexity index is 803. The van der Waals surface area contributed by atoms with E-state index in [2.05, 4.69) is 15.4 Å². The Morgan fingerprint density at radius 3 is 2.18 bits per heavy atom. The maximum Gasteiger partial charge on any atom is 0.337 e. The van der Waals surface area contributed by atoms with Crippen LogP contribution in [0.25, 0.3) is 0 Å². The van der Waals surface area contributed by atoms with Crippen molar-refractivity contribution >= 4 is 23.7 Å². The summed E-state index contributed by atoms with van der Waals surface area (Å²) in [5, 5.41) is 5.32. The Balaban J connectivity index is 1.91. The first-order valence-corrected chi connectivity index (χ1v) is 8.87. The summed E-state index contributed by atoms with van der Waals surface area (Å²) < 4.78 is 9.97. The Labute approximate surface area is 164 Å². The number of hydrogen-bond donors (Lipinski definition) is 2. The third kappa shape index (κ3) is 6.12. The van der Waals surface area contributed by atoms with Crippen LogP contribution in [0.3, 0.4) is 0 Å². The van der Waals surface area contributed by atoms with Crippen molar-refractivity contribution in [3.05, 3.63) is 65.7 Å². The number of esters is 2.